The first-order valence-corrected chi connectivity index (χ1v) is 8.97. The Morgan fingerprint density at radius 2 is 1.58 bits per heavy atom. The van der Waals surface area contributed by atoms with Gasteiger partial charge < -0.3 is 5.11 Å². The molecule has 2 heteroatoms. The van der Waals surface area contributed by atoms with Crippen LogP contribution in [0.1, 0.15) is 77.6 Å². The predicted octanol–water partition coefficient (Wildman–Crippen LogP) is 5.57. The van der Waals surface area contributed by atoms with Gasteiger partial charge in [-0.3, -0.25) is 0 Å². The lowest BCUT2D eigenvalue weighted by Gasteiger charge is -2.31. The number of rotatable bonds is 4. The Hall–Kier alpha value is 0.180. The normalized spacial score (nSPS) is 27.2. The monoisotopic (exact) mass is 328 g/mol. The zero-order chi connectivity index (χ0) is 13.7. The van der Waals surface area contributed by atoms with Crippen LogP contribution in [0.5, 0.6) is 0 Å². The molecule has 1 atom stereocenters. The third-order valence-corrected chi connectivity index (χ3v) is 6.08. The minimum atomic E-state index is -0.653. The Labute approximate surface area is 127 Å². The summed E-state index contributed by atoms with van der Waals surface area (Å²) in [4.78, 5) is 0. The van der Waals surface area contributed by atoms with Crippen molar-refractivity contribution in [2.24, 2.45) is 11.8 Å². The molecular weight excluding hydrogens is 300 g/mol. The van der Waals surface area contributed by atoms with Crippen molar-refractivity contribution in [3.63, 3.8) is 0 Å². The molecule has 110 valence electrons. The van der Waals surface area contributed by atoms with Gasteiger partial charge in [0.25, 0.3) is 0 Å². The third-order valence-electron chi connectivity index (χ3n) is 4.96. The van der Waals surface area contributed by atoms with Crippen LogP contribution in [-0.2, 0) is 0 Å². The first-order valence-electron chi connectivity index (χ1n) is 8.18. The highest BCUT2D eigenvalue weighted by Crippen LogP contribution is 2.37. The van der Waals surface area contributed by atoms with E-state index in [0.29, 0.717) is 5.92 Å². The minimum Gasteiger partial charge on any atom is -0.385 e. The van der Waals surface area contributed by atoms with Crippen LogP contribution in [-0.4, -0.2) is 10.7 Å². The van der Waals surface area contributed by atoms with Gasteiger partial charge in [-0.1, -0.05) is 73.4 Å². The van der Waals surface area contributed by atoms with Gasteiger partial charge in [-0.05, 0) is 38.0 Å². The maximum Gasteiger partial charge on any atom is 0.0932 e. The fourth-order valence-electron chi connectivity index (χ4n) is 3.74. The van der Waals surface area contributed by atoms with Crippen molar-refractivity contribution in [2.45, 2.75) is 83.2 Å². The highest BCUT2D eigenvalue weighted by molar-refractivity contribution is 9.11. The van der Waals surface area contributed by atoms with E-state index in [2.05, 4.69) is 22.0 Å². The lowest BCUT2D eigenvalue weighted by molar-refractivity contribution is 0.0700. The molecule has 2 aliphatic carbocycles. The average molecular weight is 329 g/mol. The summed E-state index contributed by atoms with van der Waals surface area (Å²) in [6.45, 7) is 1.99. The van der Waals surface area contributed by atoms with Crippen molar-refractivity contribution in [3.05, 3.63) is 10.6 Å². The SMILES string of the molecule is C[C@@](O)(CC1CCCCC1)/C(Br)=C/C1CCCCC1. The second-order valence-corrected chi connectivity index (χ2v) is 7.75. The molecule has 19 heavy (non-hydrogen) atoms. The number of halogens is 1. The van der Waals surface area contributed by atoms with Gasteiger partial charge in [0.2, 0.25) is 0 Å². The van der Waals surface area contributed by atoms with Crippen molar-refractivity contribution in [1.82, 2.24) is 0 Å². The number of hydrogen-bond acceptors (Lipinski definition) is 1. The number of hydrogen-bond donors (Lipinski definition) is 1. The minimum absolute atomic E-state index is 0.653. The maximum absolute atomic E-state index is 10.8. The molecule has 0 spiro atoms. The fraction of sp³-hybridized carbons (Fsp3) is 0.882. The molecule has 0 unspecified atom stereocenters. The van der Waals surface area contributed by atoms with E-state index < -0.39 is 5.60 Å². The van der Waals surface area contributed by atoms with Crippen LogP contribution in [0.3, 0.4) is 0 Å². The van der Waals surface area contributed by atoms with Gasteiger partial charge in [0.05, 0.1) is 5.60 Å². The number of aliphatic hydroxyl groups is 1. The lowest BCUT2D eigenvalue weighted by atomic mass is 9.80. The van der Waals surface area contributed by atoms with E-state index in [1.54, 1.807) is 0 Å². The molecule has 0 aromatic rings. The van der Waals surface area contributed by atoms with Gasteiger partial charge in [0, 0.05) is 4.48 Å². The first-order chi connectivity index (χ1) is 9.08. The zero-order valence-corrected chi connectivity index (χ0v) is 13.9. The Balaban J connectivity index is 1.90. The Bertz CT molecular complexity index is 296. The van der Waals surface area contributed by atoms with Crippen LogP contribution in [0, 0.1) is 11.8 Å². The third kappa shape index (κ3) is 4.90. The molecule has 0 bridgehead atoms. The summed E-state index contributed by atoms with van der Waals surface area (Å²) in [6.07, 6.45) is 16.6. The van der Waals surface area contributed by atoms with Gasteiger partial charge in [-0.2, -0.15) is 0 Å². The van der Waals surface area contributed by atoms with Crippen LogP contribution in [0.15, 0.2) is 10.6 Å². The lowest BCUT2D eigenvalue weighted by Crippen LogP contribution is -2.29. The van der Waals surface area contributed by atoms with Gasteiger partial charge in [-0.25, -0.2) is 0 Å². The van der Waals surface area contributed by atoms with Crippen LogP contribution < -0.4 is 0 Å². The molecule has 2 fully saturated rings. The van der Waals surface area contributed by atoms with Crippen molar-refractivity contribution in [3.8, 4) is 0 Å². The number of allylic oxidation sites excluding steroid dienone is 1. The summed E-state index contributed by atoms with van der Waals surface area (Å²) < 4.78 is 1.04. The van der Waals surface area contributed by atoms with Gasteiger partial charge in [0.15, 0.2) is 0 Å². The molecule has 0 aromatic carbocycles. The van der Waals surface area contributed by atoms with E-state index in [0.717, 1.165) is 16.8 Å². The van der Waals surface area contributed by atoms with Crippen LogP contribution >= 0.6 is 15.9 Å². The molecule has 1 N–H and O–H groups in total. The van der Waals surface area contributed by atoms with Crippen molar-refractivity contribution in [1.29, 1.82) is 0 Å². The Kier molecular flexibility index (Phi) is 5.95. The highest BCUT2D eigenvalue weighted by Gasteiger charge is 2.29. The molecule has 0 saturated heterocycles. The molecule has 0 aliphatic heterocycles. The highest BCUT2D eigenvalue weighted by atomic mass is 79.9. The topological polar surface area (TPSA) is 20.2 Å². The van der Waals surface area contributed by atoms with E-state index in [9.17, 15) is 5.11 Å². The van der Waals surface area contributed by atoms with E-state index in [4.69, 9.17) is 0 Å². The van der Waals surface area contributed by atoms with Gasteiger partial charge in [-0.15, -0.1) is 0 Å². The summed E-state index contributed by atoms with van der Waals surface area (Å²) in [6, 6.07) is 0. The largest absolute Gasteiger partial charge is 0.385 e. The van der Waals surface area contributed by atoms with Crippen LogP contribution in [0.2, 0.25) is 0 Å². The van der Waals surface area contributed by atoms with Crippen molar-refractivity contribution < 1.29 is 5.11 Å². The smallest absolute Gasteiger partial charge is 0.0932 e. The fourth-order valence-corrected chi connectivity index (χ4v) is 4.27. The molecule has 0 radical (unpaired) electrons. The molecule has 1 nitrogen and oxygen atoms in total. The van der Waals surface area contributed by atoms with Crippen molar-refractivity contribution in [2.75, 3.05) is 0 Å². The van der Waals surface area contributed by atoms with E-state index in [1.807, 2.05) is 6.92 Å². The standard InChI is InChI=1S/C17H29BrO/c1-17(19,13-15-10-6-3-7-11-15)16(18)12-14-8-4-2-5-9-14/h12,14-15,19H,2-11,13H2,1H3/b16-12-/t17-/m1/s1. The van der Waals surface area contributed by atoms with E-state index in [1.165, 1.54) is 64.2 Å². The summed E-state index contributed by atoms with van der Waals surface area (Å²) in [5, 5.41) is 10.8. The zero-order valence-electron chi connectivity index (χ0n) is 12.3. The van der Waals surface area contributed by atoms with Crippen molar-refractivity contribution >= 4 is 15.9 Å². The molecular formula is C17H29BrO. The molecule has 0 heterocycles. The van der Waals surface area contributed by atoms with Gasteiger partial charge >= 0.3 is 0 Å². The van der Waals surface area contributed by atoms with E-state index in [-0.39, 0.29) is 0 Å². The summed E-state index contributed by atoms with van der Waals surface area (Å²) in [5.74, 6) is 1.40. The predicted molar refractivity (Wildman–Crippen MR) is 85.4 cm³/mol. The molecule has 0 aromatic heterocycles. The van der Waals surface area contributed by atoms with E-state index >= 15 is 0 Å². The second-order valence-electron chi connectivity index (χ2n) is 6.89. The Morgan fingerprint density at radius 3 is 2.16 bits per heavy atom. The quantitative estimate of drug-likeness (QED) is 0.715. The van der Waals surface area contributed by atoms with Crippen LogP contribution in [0.25, 0.3) is 0 Å². The molecule has 2 saturated carbocycles. The molecule has 2 rings (SSSR count). The van der Waals surface area contributed by atoms with Gasteiger partial charge in [0.1, 0.15) is 0 Å². The Morgan fingerprint density at radius 1 is 1.05 bits per heavy atom. The maximum atomic E-state index is 10.8. The summed E-state index contributed by atoms with van der Waals surface area (Å²) in [7, 11) is 0. The molecule has 2 aliphatic rings. The second kappa shape index (κ2) is 7.26. The summed E-state index contributed by atoms with van der Waals surface area (Å²) >= 11 is 3.67. The van der Waals surface area contributed by atoms with Crippen LogP contribution in [0.4, 0.5) is 0 Å². The molecule has 0 amide bonds. The summed E-state index contributed by atoms with van der Waals surface area (Å²) in [5.41, 5.74) is -0.653. The average Bonchev–Trinajstić information content (AvgIpc) is 2.40. The first kappa shape index (κ1) is 15.6.